The molecule has 0 aliphatic carbocycles. The predicted octanol–water partition coefficient (Wildman–Crippen LogP) is 5.82. The van der Waals surface area contributed by atoms with Crippen molar-refractivity contribution in [3.05, 3.63) is 87.9 Å². The summed E-state index contributed by atoms with van der Waals surface area (Å²) in [6.45, 7) is 1.90. The van der Waals surface area contributed by atoms with Crippen LogP contribution in [0.2, 0.25) is 10.0 Å². The molecular weight excluding hydrogens is 405 g/mol. The molecule has 0 spiro atoms. The quantitative estimate of drug-likeness (QED) is 0.386. The molecule has 3 rings (SSSR count). The van der Waals surface area contributed by atoms with Gasteiger partial charge in [0.2, 0.25) is 0 Å². The lowest BCUT2D eigenvalue weighted by atomic mass is 10.2. The average molecular weight is 420 g/mol. The molecule has 0 unspecified atom stereocenters. The molecule has 0 bridgehead atoms. The Morgan fingerprint density at radius 1 is 0.926 bits per heavy atom. The van der Waals surface area contributed by atoms with Crippen LogP contribution in [-0.4, -0.2) is 14.6 Å². The van der Waals surface area contributed by atoms with Crippen LogP contribution in [0.25, 0.3) is 0 Å². The molecule has 0 saturated heterocycles. The van der Waals surface area contributed by atoms with Gasteiger partial charge in [-0.25, -0.2) is 0 Å². The third-order valence-corrected chi connectivity index (χ3v) is 5.70. The maximum atomic E-state index is 12.3. The summed E-state index contributed by atoms with van der Waals surface area (Å²) in [7, 11) is -3.92. The molecule has 0 atom stereocenters. The van der Waals surface area contributed by atoms with Crippen LogP contribution < -0.4 is 4.18 Å². The predicted molar refractivity (Wildman–Crippen MR) is 109 cm³/mol. The fourth-order valence-electron chi connectivity index (χ4n) is 2.27. The number of benzene rings is 3. The van der Waals surface area contributed by atoms with Gasteiger partial charge in [0, 0.05) is 16.3 Å². The lowest BCUT2D eigenvalue weighted by Gasteiger charge is -2.07. The first-order valence-electron chi connectivity index (χ1n) is 7.94. The van der Waals surface area contributed by atoms with Crippen LogP contribution in [-0.2, 0) is 10.1 Å². The van der Waals surface area contributed by atoms with E-state index in [4.69, 9.17) is 27.4 Å². The molecule has 0 N–H and O–H groups in total. The highest BCUT2D eigenvalue weighted by Gasteiger charge is 2.16. The molecular formula is C20H15Cl2NO3S. The fraction of sp³-hybridized carbons (Fsp3) is 0.0500. The molecule has 4 nitrogen and oxygen atoms in total. The molecule has 3 aromatic rings. The van der Waals surface area contributed by atoms with Crippen molar-refractivity contribution < 1.29 is 12.6 Å². The summed E-state index contributed by atoms with van der Waals surface area (Å²) in [5.74, 6) is 0.209. The van der Waals surface area contributed by atoms with Crippen LogP contribution in [0.1, 0.15) is 11.1 Å². The summed E-state index contributed by atoms with van der Waals surface area (Å²) in [5.41, 5.74) is 2.46. The molecule has 0 aliphatic rings. The van der Waals surface area contributed by atoms with E-state index in [1.807, 2.05) is 25.1 Å². The Hall–Kier alpha value is -2.34. The first-order chi connectivity index (χ1) is 12.8. The van der Waals surface area contributed by atoms with E-state index in [0.29, 0.717) is 10.0 Å². The molecule has 0 radical (unpaired) electrons. The van der Waals surface area contributed by atoms with Crippen molar-refractivity contribution in [3.63, 3.8) is 0 Å². The SMILES string of the molecule is Cc1c(Cl)cccc1N=Cc1ccc(OS(=O)(=O)c2ccc(Cl)cc2)cc1. The third-order valence-electron chi connectivity index (χ3n) is 3.78. The second kappa shape index (κ2) is 8.13. The molecule has 0 fully saturated rings. The minimum atomic E-state index is -3.92. The second-order valence-electron chi connectivity index (χ2n) is 5.70. The van der Waals surface area contributed by atoms with Crippen LogP contribution in [0.3, 0.4) is 0 Å². The van der Waals surface area contributed by atoms with Crippen LogP contribution in [0.5, 0.6) is 5.75 Å². The maximum Gasteiger partial charge on any atom is 0.339 e. The van der Waals surface area contributed by atoms with Crippen molar-refractivity contribution in [2.45, 2.75) is 11.8 Å². The minimum Gasteiger partial charge on any atom is -0.379 e. The number of rotatable bonds is 5. The van der Waals surface area contributed by atoms with Gasteiger partial charge in [0.25, 0.3) is 0 Å². The van der Waals surface area contributed by atoms with Crippen molar-refractivity contribution in [1.82, 2.24) is 0 Å². The van der Waals surface area contributed by atoms with Gasteiger partial charge in [-0.2, -0.15) is 8.42 Å². The number of nitrogens with zero attached hydrogens (tertiary/aromatic N) is 1. The van der Waals surface area contributed by atoms with E-state index in [1.54, 1.807) is 30.5 Å². The third kappa shape index (κ3) is 4.89. The number of hydrogen-bond acceptors (Lipinski definition) is 4. The Balaban J connectivity index is 1.74. The molecule has 0 saturated carbocycles. The van der Waals surface area contributed by atoms with Crippen LogP contribution in [0.4, 0.5) is 5.69 Å². The highest BCUT2D eigenvalue weighted by atomic mass is 35.5. The zero-order chi connectivity index (χ0) is 19.4. The molecule has 7 heteroatoms. The van der Waals surface area contributed by atoms with Crippen molar-refractivity contribution in [3.8, 4) is 5.75 Å². The topological polar surface area (TPSA) is 55.7 Å². The molecule has 0 aliphatic heterocycles. The van der Waals surface area contributed by atoms with E-state index in [2.05, 4.69) is 4.99 Å². The summed E-state index contributed by atoms with van der Waals surface area (Å²) in [6, 6.07) is 17.9. The van der Waals surface area contributed by atoms with Crippen molar-refractivity contribution >= 4 is 45.2 Å². The van der Waals surface area contributed by atoms with E-state index in [0.717, 1.165) is 16.8 Å². The van der Waals surface area contributed by atoms with Gasteiger partial charge >= 0.3 is 10.1 Å². The Labute approximate surface area is 168 Å². The highest BCUT2D eigenvalue weighted by Crippen LogP contribution is 2.25. The fourth-order valence-corrected chi connectivity index (χ4v) is 3.49. The zero-order valence-corrected chi connectivity index (χ0v) is 16.6. The summed E-state index contributed by atoms with van der Waals surface area (Å²) < 4.78 is 29.7. The number of aliphatic imine (C=N–C) groups is 1. The first kappa shape index (κ1) is 19.4. The molecule has 3 aromatic carbocycles. The van der Waals surface area contributed by atoms with Gasteiger partial charge in [-0.3, -0.25) is 4.99 Å². The smallest absolute Gasteiger partial charge is 0.339 e. The Bertz CT molecular complexity index is 1080. The van der Waals surface area contributed by atoms with E-state index in [9.17, 15) is 8.42 Å². The Morgan fingerprint density at radius 3 is 2.26 bits per heavy atom. The van der Waals surface area contributed by atoms with Crippen molar-refractivity contribution in [2.24, 2.45) is 4.99 Å². The summed E-state index contributed by atoms with van der Waals surface area (Å²) in [4.78, 5) is 4.45. The number of hydrogen-bond donors (Lipinski definition) is 0. The lowest BCUT2D eigenvalue weighted by Crippen LogP contribution is -2.09. The average Bonchev–Trinajstić information content (AvgIpc) is 2.64. The molecule has 0 heterocycles. The Morgan fingerprint density at radius 2 is 1.59 bits per heavy atom. The van der Waals surface area contributed by atoms with E-state index < -0.39 is 10.1 Å². The minimum absolute atomic E-state index is 0.0361. The van der Waals surface area contributed by atoms with Crippen molar-refractivity contribution in [1.29, 1.82) is 0 Å². The molecule has 138 valence electrons. The van der Waals surface area contributed by atoms with E-state index in [1.165, 1.54) is 24.3 Å². The zero-order valence-electron chi connectivity index (χ0n) is 14.3. The summed E-state index contributed by atoms with van der Waals surface area (Å²) in [6.07, 6.45) is 1.68. The van der Waals surface area contributed by atoms with Gasteiger partial charge in [-0.05, 0) is 78.7 Å². The van der Waals surface area contributed by atoms with Crippen LogP contribution in [0.15, 0.2) is 76.6 Å². The van der Waals surface area contributed by atoms with E-state index in [-0.39, 0.29) is 10.6 Å². The van der Waals surface area contributed by atoms with Crippen LogP contribution in [0, 0.1) is 6.92 Å². The monoisotopic (exact) mass is 419 g/mol. The van der Waals surface area contributed by atoms with Gasteiger partial charge in [-0.15, -0.1) is 0 Å². The summed E-state index contributed by atoms with van der Waals surface area (Å²) >= 11 is 11.9. The normalized spacial score (nSPS) is 11.7. The second-order valence-corrected chi connectivity index (χ2v) is 8.09. The number of halogens is 2. The summed E-state index contributed by atoms with van der Waals surface area (Å²) in [5, 5.41) is 1.10. The largest absolute Gasteiger partial charge is 0.379 e. The van der Waals surface area contributed by atoms with Gasteiger partial charge in [0.15, 0.2) is 0 Å². The molecule has 0 amide bonds. The first-order valence-corrected chi connectivity index (χ1v) is 10.1. The van der Waals surface area contributed by atoms with E-state index >= 15 is 0 Å². The van der Waals surface area contributed by atoms with Crippen molar-refractivity contribution in [2.75, 3.05) is 0 Å². The standard InChI is InChI=1S/C20H15Cl2NO3S/c1-14-19(22)3-2-4-20(14)23-13-15-5-9-17(10-6-15)26-27(24,25)18-11-7-16(21)8-12-18/h2-13H,1H3. The molecule has 0 aromatic heterocycles. The van der Waals surface area contributed by atoms with Gasteiger partial charge in [0.05, 0.1) is 5.69 Å². The van der Waals surface area contributed by atoms with Gasteiger partial charge in [-0.1, -0.05) is 29.3 Å². The van der Waals surface area contributed by atoms with Gasteiger partial charge < -0.3 is 4.18 Å². The Kier molecular flexibility index (Phi) is 5.85. The lowest BCUT2D eigenvalue weighted by molar-refractivity contribution is 0.486. The van der Waals surface area contributed by atoms with Crippen LogP contribution >= 0.6 is 23.2 Å². The highest BCUT2D eigenvalue weighted by molar-refractivity contribution is 7.87. The molecule has 27 heavy (non-hydrogen) atoms. The van der Waals surface area contributed by atoms with Gasteiger partial charge in [0.1, 0.15) is 10.6 Å². The maximum absolute atomic E-state index is 12.3.